The van der Waals surface area contributed by atoms with Crippen LogP contribution in [0, 0.1) is 21.4 Å². The third kappa shape index (κ3) is 3.37. The molecule has 0 saturated heterocycles. The predicted molar refractivity (Wildman–Crippen MR) is 88.8 cm³/mol. The molecule has 3 rings (SSSR count). The summed E-state index contributed by atoms with van der Waals surface area (Å²) >= 11 is 6.87. The number of rotatable bonds is 4. The Morgan fingerprint density at radius 2 is 2.00 bits per heavy atom. The quantitative estimate of drug-likeness (QED) is 0.557. The van der Waals surface area contributed by atoms with Crippen molar-refractivity contribution in [2.75, 3.05) is 0 Å². The number of aromatic nitrogens is 3. The number of aromatic amines is 1. The molecule has 0 aliphatic rings. The number of benzene rings is 2. The van der Waals surface area contributed by atoms with Crippen LogP contribution in [0.4, 0.5) is 5.69 Å². The molecule has 24 heavy (non-hydrogen) atoms. The molecule has 0 atom stereocenters. The monoisotopic (exact) mass is 357 g/mol. The van der Waals surface area contributed by atoms with Gasteiger partial charge in [-0.15, -0.1) is 5.10 Å². The van der Waals surface area contributed by atoms with E-state index in [9.17, 15) is 10.1 Å². The minimum atomic E-state index is -0.504. The van der Waals surface area contributed by atoms with Gasteiger partial charge in [0.05, 0.1) is 21.5 Å². The summed E-state index contributed by atoms with van der Waals surface area (Å²) < 4.78 is 0. The molecule has 9 heteroatoms. The second kappa shape index (κ2) is 6.70. The van der Waals surface area contributed by atoms with Crippen molar-refractivity contribution in [2.45, 2.75) is 10.1 Å². The zero-order valence-electron chi connectivity index (χ0n) is 11.9. The standard InChI is InChI=1S/C15H8ClN5O2S/c16-11-4-2-10(3-5-11)14-18-15(20-19-14)24-13-7-9(8-17)1-6-12(13)21(22)23/h1-7H,(H,18,19,20). The fraction of sp³-hybridized carbons (Fsp3) is 0. The lowest BCUT2D eigenvalue weighted by Crippen LogP contribution is -1.92. The molecule has 118 valence electrons. The van der Waals surface area contributed by atoms with Crippen LogP contribution in [0.3, 0.4) is 0 Å². The van der Waals surface area contributed by atoms with Gasteiger partial charge >= 0.3 is 0 Å². The molecule has 0 bridgehead atoms. The third-order valence-corrected chi connectivity index (χ3v) is 4.23. The average Bonchev–Trinajstić information content (AvgIpc) is 3.03. The van der Waals surface area contributed by atoms with Gasteiger partial charge in [0.15, 0.2) is 5.82 Å². The summed E-state index contributed by atoms with van der Waals surface area (Å²) in [5, 5.41) is 27.8. The van der Waals surface area contributed by atoms with E-state index in [2.05, 4.69) is 15.2 Å². The molecule has 1 heterocycles. The number of nitrogens with zero attached hydrogens (tertiary/aromatic N) is 4. The smallest absolute Gasteiger partial charge is 0.258 e. The van der Waals surface area contributed by atoms with Crippen LogP contribution in [0.15, 0.2) is 52.5 Å². The summed E-state index contributed by atoms with van der Waals surface area (Å²) in [6.07, 6.45) is 0. The highest BCUT2D eigenvalue weighted by Crippen LogP contribution is 2.34. The molecule has 1 N–H and O–H groups in total. The van der Waals surface area contributed by atoms with Crippen LogP contribution in [0.2, 0.25) is 5.02 Å². The second-order valence-corrected chi connectivity index (χ2v) is 6.07. The maximum absolute atomic E-state index is 11.1. The highest BCUT2D eigenvalue weighted by atomic mass is 35.5. The van der Waals surface area contributed by atoms with Gasteiger partial charge in [0, 0.05) is 16.7 Å². The minimum absolute atomic E-state index is 0.100. The van der Waals surface area contributed by atoms with Gasteiger partial charge in [-0.25, -0.2) is 4.98 Å². The molecule has 0 amide bonds. The second-order valence-electron chi connectivity index (χ2n) is 4.63. The Bertz CT molecular complexity index is 949. The summed E-state index contributed by atoms with van der Waals surface area (Å²) in [5.74, 6) is 0.522. The number of nitro benzene ring substituents is 1. The van der Waals surface area contributed by atoms with E-state index >= 15 is 0 Å². The van der Waals surface area contributed by atoms with E-state index in [-0.39, 0.29) is 5.69 Å². The van der Waals surface area contributed by atoms with Gasteiger partial charge < -0.3 is 0 Å². The van der Waals surface area contributed by atoms with Crippen LogP contribution in [0.25, 0.3) is 11.4 Å². The van der Waals surface area contributed by atoms with Gasteiger partial charge in [-0.05, 0) is 48.2 Å². The Hall–Kier alpha value is -2.89. The van der Waals surface area contributed by atoms with Crippen LogP contribution in [0.5, 0.6) is 0 Å². The minimum Gasteiger partial charge on any atom is -0.258 e. The lowest BCUT2D eigenvalue weighted by Gasteiger charge is -2.00. The fourth-order valence-corrected chi connectivity index (χ4v) is 2.93. The Morgan fingerprint density at radius 3 is 2.67 bits per heavy atom. The van der Waals surface area contributed by atoms with Crippen LogP contribution in [-0.4, -0.2) is 20.1 Å². The molecule has 0 spiro atoms. The van der Waals surface area contributed by atoms with Gasteiger partial charge in [0.2, 0.25) is 5.16 Å². The average molecular weight is 358 g/mol. The van der Waals surface area contributed by atoms with Crippen molar-refractivity contribution in [3.05, 3.63) is 63.2 Å². The van der Waals surface area contributed by atoms with E-state index in [1.807, 2.05) is 6.07 Å². The molecule has 0 unspecified atom stereocenters. The van der Waals surface area contributed by atoms with E-state index < -0.39 is 4.92 Å². The van der Waals surface area contributed by atoms with Crippen LogP contribution < -0.4 is 0 Å². The van der Waals surface area contributed by atoms with Gasteiger partial charge in [0.25, 0.3) is 5.69 Å². The first-order valence-corrected chi connectivity index (χ1v) is 7.81. The lowest BCUT2D eigenvalue weighted by molar-refractivity contribution is -0.387. The zero-order chi connectivity index (χ0) is 17.1. The van der Waals surface area contributed by atoms with Crippen molar-refractivity contribution in [1.82, 2.24) is 15.2 Å². The lowest BCUT2D eigenvalue weighted by atomic mass is 10.2. The van der Waals surface area contributed by atoms with Gasteiger partial charge in [-0.3, -0.25) is 15.2 Å². The van der Waals surface area contributed by atoms with Crippen LogP contribution >= 0.6 is 23.4 Å². The van der Waals surface area contributed by atoms with Crippen molar-refractivity contribution in [3.63, 3.8) is 0 Å². The fourth-order valence-electron chi connectivity index (χ4n) is 1.94. The SMILES string of the molecule is N#Cc1ccc([N+](=O)[O-])c(Sc2n[nH]c(-c3ccc(Cl)cc3)n2)c1. The van der Waals surface area contributed by atoms with E-state index in [0.717, 1.165) is 17.3 Å². The summed E-state index contributed by atoms with van der Waals surface area (Å²) in [6.45, 7) is 0. The Kier molecular flexibility index (Phi) is 4.46. The third-order valence-electron chi connectivity index (χ3n) is 3.07. The first-order valence-electron chi connectivity index (χ1n) is 6.61. The summed E-state index contributed by atoms with van der Waals surface area (Å²) in [6, 6.07) is 13.1. The molecular formula is C15H8ClN5O2S. The Morgan fingerprint density at radius 1 is 1.25 bits per heavy atom. The highest BCUT2D eigenvalue weighted by Gasteiger charge is 2.18. The highest BCUT2D eigenvalue weighted by molar-refractivity contribution is 7.99. The predicted octanol–water partition coefficient (Wildman–Crippen LogP) is 4.06. The molecule has 0 saturated carbocycles. The van der Waals surface area contributed by atoms with Crippen molar-refractivity contribution >= 4 is 29.1 Å². The van der Waals surface area contributed by atoms with Crippen molar-refractivity contribution in [3.8, 4) is 17.5 Å². The number of halogens is 1. The first-order chi connectivity index (χ1) is 11.6. The summed E-state index contributed by atoms with van der Waals surface area (Å²) in [4.78, 5) is 15.2. The molecule has 0 radical (unpaired) electrons. The Balaban J connectivity index is 1.91. The molecule has 2 aromatic carbocycles. The van der Waals surface area contributed by atoms with Crippen LogP contribution in [0.1, 0.15) is 5.56 Å². The normalized spacial score (nSPS) is 10.3. The molecule has 0 fully saturated rings. The number of hydrogen-bond donors (Lipinski definition) is 1. The Labute approximate surface area is 145 Å². The van der Waals surface area contributed by atoms with Crippen molar-refractivity contribution in [1.29, 1.82) is 5.26 Å². The number of hydrogen-bond acceptors (Lipinski definition) is 6. The van der Waals surface area contributed by atoms with Gasteiger partial charge in [0.1, 0.15) is 0 Å². The number of nitriles is 1. The molecule has 0 aliphatic carbocycles. The summed E-state index contributed by atoms with van der Waals surface area (Å²) in [7, 11) is 0. The molecule has 0 aliphatic heterocycles. The molecular weight excluding hydrogens is 350 g/mol. The van der Waals surface area contributed by atoms with Crippen LogP contribution in [-0.2, 0) is 0 Å². The van der Waals surface area contributed by atoms with E-state index in [1.165, 1.54) is 18.2 Å². The number of nitrogens with one attached hydrogen (secondary N) is 1. The largest absolute Gasteiger partial charge is 0.283 e. The topological polar surface area (TPSA) is 108 Å². The first kappa shape index (κ1) is 16.0. The maximum Gasteiger partial charge on any atom is 0.283 e. The maximum atomic E-state index is 11.1. The number of H-pyrrole nitrogens is 1. The summed E-state index contributed by atoms with van der Waals surface area (Å²) in [5.41, 5.74) is 1.02. The van der Waals surface area contributed by atoms with Crippen molar-refractivity contribution < 1.29 is 4.92 Å². The van der Waals surface area contributed by atoms with Gasteiger partial charge in [-0.2, -0.15) is 5.26 Å². The molecule has 3 aromatic rings. The van der Waals surface area contributed by atoms with E-state index in [0.29, 0.717) is 26.5 Å². The van der Waals surface area contributed by atoms with E-state index in [4.69, 9.17) is 16.9 Å². The number of nitro groups is 1. The van der Waals surface area contributed by atoms with Gasteiger partial charge in [-0.1, -0.05) is 11.6 Å². The zero-order valence-corrected chi connectivity index (χ0v) is 13.5. The van der Waals surface area contributed by atoms with Crippen molar-refractivity contribution in [2.24, 2.45) is 0 Å². The molecule has 7 nitrogen and oxygen atoms in total. The molecule has 1 aromatic heterocycles. The van der Waals surface area contributed by atoms with E-state index in [1.54, 1.807) is 24.3 Å².